The number of nitrogens with zero attached hydrogens (tertiary/aromatic N) is 3. The lowest BCUT2D eigenvalue weighted by Gasteiger charge is -2.22. The maximum atomic E-state index is 12.2. The molecule has 9 heteroatoms. The fourth-order valence-corrected chi connectivity index (χ4v) is 2.36. The van der Waals surface area contributed by atoms with E-state index in [1.54, 1.807) is 24.7 Å². The Morgan fingerprint density at radius 2 is 2.12 bits per heavy atom. The Balaban J connectivity index is 1.85. The molecule has 2 heterocycles. The number of hydrogen-bond donors (Lipinski definition) is 3. The summed E-state index contributed by atoms with van der Waals surface area (Å²) in [4.78, 5) is 36.1. The molecule has 132 valence electrons. The number of carbonyl (C=O) groups excluding carboxylic acids is 3. The summed E-state index contributed by atoms with van der Waals surface area (Å²) in [5.41, 5.74) is 1.37. The molecular formula is C15H24N6O3. The molecule has 1 fully saturated rings. The second kappa shape index (κ2) is 7.00. The molecule has 0 saturated carbocycles. The van der Waals surface area contributed by atoms with Gasteiger partial charge in [-0.3, -0.25) is 19.7 Å². The molecular weight excluding hydrogens is 312 g/mol. The Hall–Kier alpha value is -2.42. The summed E-state index contributed by atoms with van der Waals surface area (Å²) in [6, 6.07) is 1.24. The van der Waals surface area contributed by atoms with Crippen LogP contribution in [0.2, 0.25) is 0 Å². The molecule has 1 aromatic heterocycles. The highest BCUT2D eigenvalue weighted by molar-refractivity contribution is 6.07. The minimum atomic E-state index is -0.973. The normalized spacial score (nSPS) is 23.1. The van der Waals surface area contributed by atoms with Crippen LogP contribution in [0.5, 0.6) is 0 Å². The predicted molar refractivity (Wildman–Crippen MR) is 86.6 cm³/mol. The highest BCUT2D eigenvalue weighted by Crippen LogP contribution is 2.19. The van der Waals surface area contributed by atoms with Gasteiger partial charge in [0.25, 0.3) is 11.8 Å². The molecule has 3 N–H and O–H groups in total. The molecule has 0 aromatic carbocycles. The monoisotopic (exact) mass is 336 g/mol. The zero-order chi connectivity index (χ0) is 17.9. The van der Waals surface area contributed by atoms with Crippen molar-refractivity contribution < 1.29 is 14.4 Å². The van der Waals surface area contributed by atoms with Gasteiger partial charge in [0.15, 0.2) is 0 Å². The number of rotatable bonds is 7. The first kappa shape index (κ1) is 17.9. The van der Waals surface area contributed by atoms with Gasteiger partial charge in [0.1, 0.15) is 5.54 Å². The van der Waals surface area contributed by atoms with E-state index in [0.717, 1.165) is 5.01 Å². The Morgan fingerprint density at radius 1 is 1.42 bits per heavy atom. The zero-order valence-electron chi connectivity index (χ0n) is 14.4. The minimum Gasteiger partial charge on any atom is -0.322 e. The van der Waals surface area contributed by atoms with Crippen LogP contribution in [0.3, 0.4) is 0 Å². The van der Waals surface area contributed by atoms with Gasteiger partial charge in [-0.25, -0.2) is 4.79 Å². The van der Waals surface area contributed by atoms with E-state index >= 15 is 0 Å². The largest absolute Gasteiger partial charge is 0.344 e. The molecule has 1 aliphatic rings. The molecule has 0 bridgehead atoms. The predicted octanol–water partition coefficient (Wildman–Crippen LogP) is 0.174. The van der Waals surface area contributed by atoms with Gasteiger partial charge < -0.3 is 10.6 Å². The highest BCUT2D eigenvalue weighted by Gasteiger charge is 2.47. The van der Waals surface area contributed by atoms with Crippen LogP contribution < -0.4 is 16.1 Å². The number of imide groups is 1. The van der Waals surface area contributed by atoms with Crippen LogP contribution >= 0.6 is 0 Å². The smallest absolute Gasteiger partial charge is 0.322 e. The third kappa shape index (κ3) is 3.56. The second-order valence-electron chi connectivity index (χ2n) is 6.19. The number of carbonyl (C=O) groups is 3. The van der Waals surface area contributed by atoms with Gasteiger partial charge in [0.2, 0.25) is 0 Å². The van der Waals surface area contributed by atoms with Crippen molar-refractivity contribution in [1.29, 1.82) is 0 Å². The lowest BCUT2D eigenvalue weighted by molar-refractivity contribution is -0.138. The van der Waals surface area contributed by atoms with Gasteiger partial charge >= 0.3 is 6.03 Å². The molecule has 2 rings (SSSR count). The molecule has 3 unspecified atom stereocenters. The van der Waals surface area contributed by atoms with Crippen molar-refractivity contribution in [3.8, 4) is 0 Å². The summed E-state index contributed by atoms with van der Waals surface area (Å²) in [5, 5.41) is 10.6. The lowest BCUT2D eigenvalue weighted by atomic mass is 10.00. The standard InChI is InChI=1S/C15H24N6O3/c1-5-15(4)13(23)21(14(24)18-15)19-12(22)9-16-10(2)11(3)20-8-6-7-17-20/h6-8,10-11,16H,5,9H2,1-4H3,(H,18,24)(H,19,22). The van der Waals surface area contributed by atoms with Crippen molar-refractivity contribution in [1.82, 2.24) is 30.8 Å². The second-order valence-corrected chi connectivity index (χ2v) is 6.19. The van der Waals surface area contributed by atoms with Gasteiger partial charge in [-0.15, -0.1) is 0 Å². The first-order chi connectivity index (χ1) is 11.3. The third-order valence-corrected chi connectivity index (χ3v) is 4.45. The number of amides is 4. The molecule has 1 aromatic rings. The molecule has 9 nitrogen and oxygen atoms in total. The van der Waals surface area contributed by atoms with Gasteiger partial charge in [-0.2, -0.15) is 10.1 Å². The molecule has 24 heavy (non-hydrogen) atoms. The van der Waals surface area contributed by atoms with Crippen LogP contribution in [0, 0.1) is 0 Å². The Morgan fingerprint density at radius 3 is 2.67 bits per heavy atom. The van der Waals surface area contributed by atoms with E-state index in [9.17, 15) is 14.4 Å². The summed E-state index contributed by atoms with van der Waals surface area (Å²) >= 11 is 0. The minimum absolute atomic E-state index is 0.0212. The van der Waals surface area contributed by atoms with E-state index in [1.165, 1.54) is 0 Å². The summed E-state index contributed by atoms with van der Waals surface area (Å²) < 4.78 is 1.79. The van der Waals surface area contributed by atoms with Gasteiger partial charge in [-0.05, 0) is 33.3 Å². The zero-order valence-corrected chi connectivity index (χ0v) is 14.4. The molecule has 1 saturated heterocycles. The van der Waals surface area contributed by atoms with E-state index in [2.05, 4.69) is 21.2 Å². The van der Waals surface area contributed by atoms with Crippen LogP contribution in [0.15, 0.2) is 18.5 Å². The number of urea groups is 1. The van der Waals surface area contributed by atoms with Crippen LogP contribution in [0.1, 0.15) is 40.2 Å². The number of hydrogen-bond acceptors (Lipinski definition) is 5. The van der Waals surface area contributed by atoms with Gasteiger partial charge in [0.05, 0.1) is 12.6 Å². The van der Waals surface area contributed by atoms with Gasteiger partial charge in [0, 0.05) is 18.4 Å². The summed E-state index contributed by atoms with van der Waals surface area (Å²) in [7, 11) is 0. The van der Waals surface area contributed by atoms with Crippen LogP contribution in [0.25, 0.3) is 0 Å². The van der Waals surface area contributed by atoms with Crippen molar-refractivity contribution in [2.24, 2.45) is 0 Å². The van der Waals surface area contributed by atoms with E-state index in [-0.39, 0.29) is 18.6 Å². The molecule has 3 atom stereocenters. The number of nitrogens with one attached hydrogen (secondary N) is 3. The quantitative estimate of drug-likeness (QED) is 0.615. The molecule has 0 aliphatic carbocycles. The first-order valence-electron chi connectivity index (χ1n) is 7.97. The van der Waals surface area contributed by atoms with Crippen molar-refractivity contribution >= 4 is 17.8 Å². The molecule has 0 radical (unpaired) electrons. The highest BCUT2D eigenvalue weighted by atomic mass is 16.2. The fourth-order valence-electron chi connectivity index (χ4n) is 2.36. The van der Waals surface area contributed by atoms with Crippen LogP contribution in [-0.4, -0.2) is 50.8 Å². The Labute approximate surface area is 140 Å². The topological polar surface area (TPSA) is 108 Å². The summed E-state index contributed by atoms with van der Waals surface area (Å²) in [6.45, 7) is 7.32. The van der Waals surface area contributed by atoms with E-state index in [1.807, 2.05) is 26.1 Å². The van der Waals surface area contributed by atoms with Crippen molar-refractivity contribution in [2.45, 2.75) is 51.7 Å². The average molecular weight is 336 g/mol. The maximum Gasteiger partial charge on any atom is 0.344 e. The summed E-state index contributed by atoms with van der Waals surface area (Å²) in [6.07, 6.45) is 3.99. The van der Waals surface area contributed by atoms with Crippen LogP contribution in [-0.2, 0) is 9.59 Å². The molecule has 0 spiro atoms. The number of aromatic nitrogens is 2. The maximum absolute atomic E-state index is 12.2. The Kier molecular flexibility index (Phi) is 5.23. The molecule has 4 amide bonds. The van der Waals surface area contributed by atoms with Crippen molar-refractivity contribution in [3.05, 3.63) is 18.5 Å². The van der Waals surface area contributed by atoms with E-state index < -0.39 is 23.4 Å². The third-order valence-electron chi connectivity index (χ3n) is 4.45. The molecule has 1 aliphatic heterocycles. The summed E-state index contributed by atoms with van der Waals surface area (Å²) in [5.74, 6) is -0.917. The Bertz CT molecular complexity index is 617. The van der Waals surface area contributed by atoms with E-state index in [0.29, 0.717) is 6.42 Å². The van der Waals surface area contributed by atoms with E-state index in [4.69, 9.17) is 0 Å². The van der Waals surface area contributed by atoms with Crippen molar-refractivity contribution in [2.75, 3.05) is 6.54 Å². The lowest BCUT2D eigenvalue weighted by Crippen LogP contribution is -2.51. The van der Waals surface area contributed by atoms with Crippen LogP contribution in [0.4, 0.5) is 4.79 Å². The number of hydrazine groups is 1. The first-order valence-corrected chi connectivity index (χ1v) is 7.97. The SMILES string of the molecule is CCC1(C)NC(=O)N(NC(=O)CNC(C)C(C)n2cccn2)C1=O. The fraction of sp³-hybridized carbons (Fsp3) is 0.600. The van der Waals surface area contributed by atoms with Gasteiger partial charge in [-0.1, -0.05) is 6.92 Å². The van der Waals surface area contributed by atoms with Crippen molar-refractivity contribution in [3.63, 3.8) is 0 Å². The average Bonchev–Trinajstić information content (AvgIpc) is 3.16.